The van der Waals surface area contributed by atoms with Crippen LogP contribution in [-0.4, -0.2) is 48.4 Å². The number of nitrogens with one attached hydrogen (secondary N) is 1. The maximum Gasteiger partial charge on any atom is 0.333 e. The molecule has 7 nitrogen and oxygen atoms in total. The van der Waals surface area contributed by atoms with Gasteiger partial charge in [0.2, 0.25) is 0 Å². The van der Waals surface area contributed by atoms with E-state index in [9.17, 15) is 14.7 Å². The average Bonchev–Trinajstić information content (AvgIpc) is 2.75. The molecule has 0 saturated carbocycles. The summed E-state index contributed by atoms with van der Waals surface area (Å²) in [6.07, 6.45) is 0.0234. The minimum absolute atomic E-state index is 0.224. The first-order valence-corrected chi connectivity index (χ1v) is 10.9. The molecule has 0 bridgehead atoms. The number of hydrogen-bond acceptors (Lipinski definition) is 5. The van der Waals surface area contributed by atoms with Crippen molar-refractivity contribution >= 4 is 11.9 Å². The molecule has 0 fully saturated rings. The molecule has 0 aliphatic heterocycles. The highest BCUT2D eigenvalue weighted by Gasteiger charge is 2.29. The van der Waals surface area contributed by atoms with Crippen LogP contribution in [0.25, 0.3) is 0 Å². The van der Waals surface area contributed by atoms with Gasteiger partial charge in [-0.25, -0.2) is 4.79 Å². The Bertz CT molecular complexity index is 878. The summed E-state index contributed by atoms with van der Waals surface area (Å²) in [4.78, 5) is 23.9. The van der Waals surface area contributed by atoms with Gasteiger partial charge in [-0.2, -0.15) is 0 Å². The molecule has 2 aromatic carbocycles. The third-order valence-electron chi connectivity index (χ3n) is 4.86. The van der Waals surface area contributed by atoms with Crippen LogP contribution in [0.15, 0.2) is 48.5 Å². The second kappa shape index (κ2) is 12.1. The van der Waals surface area contributed by atoms with Gasteiger partial charge in [0.25, 0.3) is 5.91 Å². The van der Waals surface area contributed by atoms with E-state index in [1.165, 1.54) is 0 Å². The van der Waals surface area contributed by atoms with Crippen molar-refractivity contribution in [2.75, 3.05) is 19.8 Å². The molecule has 1 atom stereocenters. The van der Waals surface area contributed by atoms with E-state index in [0.29, 0.717) is 31.9 Å². The van der Waals surface area contributed by atoms with Crippen LogP contribution in [-0.2, 0) is 27.2 Å². The zero-order valence-corrected chi connectivity index (χ0v) is 19.2. The molecule has 0 spiro atoms. The number of benzene rings is 2. The predicted octanol–water partition coefficient (Wildman–Crippen LogP) is 3.63. The SMILES string of the molecule is CCOc1ccccc1CCNC(=O)C(C)(C)Oc1ccc(C[C@H](OCC)C(=O)O)cc1. The van der Waals surface area contributed by atoms with Crippen LogP contribution in [0.1, 0.15) is 38.8 Å². The van der Waals surface area contributed by atoms with Crippen LogP contribution in [0, 0.1) is 0 Å². The fourth-order valence-electron chi connectivity index (χ4n) is 3.20. The van der Waals surface area contributed by atoms with E-state index in [0.717, 1.165) is 16.9 Å². The number of rotatable bonds is 13. The van der Waals surface area contributed by atoms with E-state index in [1.54, 1.807) is 45.0 Å². The van der Waals surface area contributed by atoms with E-state index in [2.05, 4.69) is 5.32 Å². The van der Waals surface area contributed by atoms with Crippen LogP contribution in [0.2, 0.25) is 0 Å². The zero-order chi connectivity index (χ0) is 23.6. The fourth-order valence-corrected chi connectivity index (χ4v) is 3.20. The predicted molar refractivity (Wildman–Crippen MR) is 122 cm³/mol. The van der Waals surface area contributed by atoms with E-state index < -0.39 is 17.7 Å². The molecule has 174 valence electrons. The Hall–Kier alpha value is -3.06. The molecule has 0 unspecified atom stereocenters. The summed E-state index contributed by atoms with van der Waals surface area (Å²) < 4.78 is 16.8. The zero-order valence-electron chi connectivity index (χ0n) is 19.2. The van der Waals surface area contributed by atoms with Gasteiger partial charge in [-0.15, -0.1) is 0 Å². The van der Waals surface area contributed by atoms with E-state index in [1.807, 2.05) is 31.2 Å². The highest BCUT2D eigenvalue weighted by Crippen LogP contribution is 2.21. The van der Waals surface area contributed by atoms with E-state index in [-0.39, 0.29) is 12.3 Å². The second-order valence-corrected chi connectivity index (χ2v) is 7.79. The highest BCUT2D eigenvalue weighted by molar-refractivity contribution is 5.84. The summed E-state index contributed by atoms with van der Waals surface area (Å²) in [5, 5.41) is 12.1. The molecule has 1 amide bonds. The van der Waals surface area contributed by atoms with Crippen molar-refractivity contribution in [2.45, 2.75) is 52.2 Å². The van der Waals surface area contributed by atoms with Gasteiger partial charge in [0.1, 0.15) is 11.5 Å². The minimum atomic E-state index is -1.07. The summed E-state index contributed by atoms with van der Waals surface area (Å²) >= 11 is 0. The first kappa shape index (κ1) is 25.2. The number of hydrogen-bond donors (Lipinski definition) is 2. The molecule has 2 N–H and O–H groups in total. The van der Waals surface area contributed by atoms with Crippen LogP contribution < -0.4 is 14.8 Å². The number of para-hydroxylation sites is 1. The van der Waals surface area contributed by atoms with Gasteiger partial charge in [0, 0.05) is 19.6 Å². The maximum absolute atomic E-state index is 12.7. The summed E-state index contributed by atoms with van der Waals surface area (Å²) in [5.41, 5.74) is 0.777. The van der Waals surface area contributed by atoms with Crippen LogP contribution in [0.5, 0.6) is 11.5 Å². The Morgan fingerprint density at radius 2 is 1.72 bits per heavy atom. The van der Waals surface area contributed by atoms with Gasteiger partial charge in [-0.1, -0.05) is 30.3 Å². The Kier molecular flexibility index (Phi) is 9.53. The number of carboxylic acids is 1. The van der Waals surface area contributed by atoms with Crippen molar-refractivity contribution in [2.24, 2.45) is 0 Å². The molecule has 2 rings (SSSR count). The van der Waals surface area contributed by atoms with Gasteiger partial charge >= 0.3 is 5.97 Å². The maximum atomic E-state index is 12.7. The molecule has 0 aliphatic rings. The van der Waals surface area contributed by atoms with Gasteiger partial charge in [-0.3, -0.25) is 4.79 Å². The lowest BCUT2D eigenvalue weighted by Crippen LogP contribution is -2.47. The lowest BCUT2D eigenvalue weighted by atomic mass is 10.1. The topological polar surface area (TPSA) is 94.1 Å². The molecule has 32 heavy (non-hydrogen) atoms. The number of amides is 1. The molecular formula is C25H33NO6. The fraction of sp³-hybridized carbons (Fsp3) is 0.440. The smallest absolute Gasteiger partial charge is 0.333 e. The average molecular weight is 444 g/mol. The summed E-state index contributed by atoms with van der Waals surface area (Å²) in [6, 6.07) is 14.8. The third-order valence-corrected chi connectivity index (χ3v) is 4.86. The molecule has 0 aliphatic carbocycles. The van der Waals surface area contributed by atoms with Gasteiger partial charge in [0.05, 0.1) is 6.61 Å². The minimum Gasteiger partial charge on any atom is -0.494 e. The molecule has 2 aromatic rings. The molecule has 7 heteroatoms. The molecule has 0 radical (unpaired) electrons. The monoisotopic (exact) mass is 443 g/mol. The van der Waals surface area contributed by atoms with Crippen molar-refractivity contribution < 1.29 is 28.9 Å². The van der Waals surface area contributed by atoms with Crippen molar-refractivity contribution in [1.29, 1.82) is 0 Å². The number of carbonyl (C=O) groups is 2. The second-order valence-electron chi connectivity index (χ2n) is 7.79. The first-order valence-electron chi connectivity index (χ1n) is 10.9. The lowest BCUT2D eigenvalue weighted by Gasteiger charge is -2.25. The lowest BCUT2D eigenvalue weighted by molar-refractivity contribution is -0.150. The number of carbonyl (C=O) groups excluding carboxylic acids is 1. The molecule has 0 heterocycles. The Labute approximate surface area is 189 Å². The Balaban J connectivity index is 1.90. The standard InChI is InChI=1S/C25H33NO6/c1-5-30-21-10-8-7-9-19(21)15-16-26-24(29)25(3,4)32-20-13-11-18(12-14-20)17-22(23(27)28)31-6-2/h7-14,22H,5-6,15-17H2,1-4H3,(H,26,29)(H,27,28)/t22-/m0/s1. The van der Waals surface area contributed by atoms with Crippen molar-refractivity contribution in [3.63, 3.8) is 0 Å². The number of ether oxygens (including phenoxy) is 3. The normalized spacial score (nSPS) is 12.1. The number of aliphatic carboxylic acids is 1. The Morgan fingerprint density at radius 1 is 1.03 bits per heavy atom. The van der Waals surface area contributed by atoms with Crippen LogP contribution in [0.3, 0.4) is 0 Å². The van der Waals surface area contributed by atoms with Crippen molar-refractivity contribution in [3.8, 4) is 11.5 Å². The summed E-state index contributed by atoms with van der Waals surface area (Å²) in [5.74, 6) is 0.139. The quantitative estimate of drug-likeness (QED) is 0.491. The molecule has 0 aromatic heterocycles. The van der Waals surface area contributed by atoms with Crippen LogP contribution >= 0.6 is 0 Å². The molecule has 0 saturated heterocycles. The Morgan fingerprint density at radius 3 is 2.34 bits per heavy atom. The highest BCUT2D eigenvalue weighted by atomic mass is 16.5. The third kappa shape index (κ3) is 7.57. The van der Waals surface area contributed by atoms with E-state index in [4.69, 9.17) is 14.2 Å². The van der Waals surface area contributed by atoms with Gasteiger partial charge in [-0.05, 0) is 63.4 Å². The van der Waals surface area contributed by atoms with Crippen LogP contribution in [0.4, 0.5) is 0 Å². The van der Waals surface area contributed by atoms with Crippen molar-refractivity contribution in [3.05, 3.63) is 59.7 Å². The van der Waals surface area contributed by atoms with Gasteiger partial charge in [0.15, 0.2) is 11.7 Å². The van der Waals surface area contributed by atoms with E-state index >= 15 is 0 Å². The summed E-state index contributed by atoms with van der Waals surface area (Å²) in [6.45, 7) is 8.50. The first-order chi connectivity index (χ1) is 15.3. The van der Waals surface area contributed by atoms with Gasteiger partial charge < -0.3 is 24.6 Å². The largest absolute Gasteiger partial charge is 0.494 e. The number of carboxylic acid groups (broad SMARTS) is 1. The van der Waals surface area contributed by atoms with Crippen molar-refractivity contribution in [1.82, 2.24) is 5.32 Å². The molecular weight excluding hydrogens is 410 g/mol. The summed E-state index contributed by atoms with van der Waals surface area (Å²) in [7, 11) is 0.